The van der Waals surface area contributed by atoms with E-state index in [1.165, 1.54) is 25.7 Å². The standard InChI is InChI=1S/C13H19N7/c14-11-17-12(16-10-6-3-1-2-4-7-10)19-13(18-11)20-9-5-8-15-20/h5,8-10H,1-4,6-7H2,(H3,14,16,17,18,19). The zero-order chi connectivity index (χ0) is 13.8. The molecular weight excluding hydrogens is 254 g/mol. The van der Waals surface area contributed by atoms with Crippen molar-refractivity contribution in [1.82, 2.24) is 24.7 Å². The fourth-order valence-electron chi connectivity index (χ4n) is 2.54. The lowest BCUT2D eigenvalue weighted by Crippen LogP contribution is -2.21. The molecule has 106 valence electrons. The van der Waals surface area contributed by atoms with Crippen molar-refractivity contribution in [2.24, 2.45) is 0 Å². The number of hydrogen-bond acceptors (Lipinski definition) is 6. The van der Waals surface area contributed by atoms with Gasteiger partial charge in [-0.3, -0.25) is 0 Å². The van der Waals surface area contributed by atoms with Crippen molar-refractivity contribution < 1.29 is 0 Å². The summed E-state index contributed by atoms with van der Waals surface area (Å²) in [6, 6.07) is 2.24. The quantitative estimate of drug-likeness (QED) is 0.828. The van der Waals surface area contributed by atoms with Crippen molar-refractivity contribution in [2.45, 2.75) is 44.6 Å². The summed E-state index contributed by atoms with van der Waals surface area (Å²) < 4.78 is 1.58. The number of nitrogens with one attached hydrogen (secondary N) is 1. The van der Waals surface area contributed by atoms with Crippen LogP contribution in [-0.4, -0.2) is 30.8 Å². The molecule has 1 fully saturated rings. The third-order valence-corrected chi connectivity index (χ3v) is 3.54. The van der Waals surface area contributed by atoms with Crippen LogP contribution in [0.15, 0.2) is 18.5 Å². The van der Waals surface area contributed by atoms with Gasteiger partial charge in [0.2, 0.25) is 11.9 Å². The number of rotatable bonds is 3. The molecule has 0 amide bonds. The second-order valence-corrected chi connectivity index (χ2v) is 5.10. The van der Waals surface area contributed by atoms with Crippen molar-refractivity contribution in [3.05, 3.63) is 18.5 Å². The first-order valence-corrected chi connectivity index (χ1v) is 7.09. The molecule has 0 spiro atoms. The van der Waals surface area contributed by atoms with Gasteiger partial charge in [-0.1, -0.05) is 25.7 Å². The lowest BCUT2D eigenvalue weighted by molar-refractivity contribution is 0.613. The number of nitrogen functional groups attached to an aromatic ring is 1. The van der Waals surface area contributed by atoms with E-state index in [0.29, 0.717) is 17.9 Å². The Balaban J connectivity index is 1.79. The summed E-state index contributed by atoms with van der Waals surface area (Å²) in [6.07, 6.45) is 10.9. The number of aromatic nitrogens is 5. The Morgan fingerprint density at radius 2 is 1.90 bits per heavy atom. The van der Waals surface area contributed by atoms with E-state index in [9.17, 15) is 0 Å². The molecule has 0 bridgehead atoms. The topological polar surface area (TPSA) is 94.5 Å². The smallest absolute Gasteiger partial charge is 0.257 e. The van der Waals surface area contributed by atoms with Crippen molar-refractivity contribution in [1.29, 1.82) is 0 Å². The van der Waals surface area contributed by atoms with Gasteiger partial charge < -0.3 is 11.1 Å². The van der Waals surface area contributed by atoms with E-state index in [0.717, 1.165) is 12.8 Å². The first-order chi connectivity index (χ1) is 9.81. The van der Waals surface area contributed by atoms with E-state index in [1.54, 1.807) is 17.1 Å². The third kappa shape index (κ3) is 3.04. The molecule has 1 aliphatic carbocycles. The van der Waals surface area contributed by atoms with Gasteiger partial charge in [0.05, 0.1) is 0 Å². The predicted octanol–water partition coefficient (Wildman–Crippen LogP) is 1.77. The maximum absolute atomic E-state index is 5.76. The molecule has 0 saturated heterocycles. The Kier molecular flexibility index (Phi) is 3.76. The van der Waals surface area contributed by atoms with Crippen LogP contribution < -0.4 is 11.1 Å². The summed E-state index contributed by atoms with van der Waals surface area (Å²) in [7, 11) is 0. The van der Waals surface area contributed by atoms with Crippen LogP contribution in [0.25, 0.3) is 5.95 Å². The average molecular weight is 273 g/mol. The van der Waals surface area contributed by atoms with Crippen LogP contribution in [0.2, 0.25) is 0 Å². The highest BCUT2D eigenvalue weighted by Crippen LogP contribution is 2.20. The van der Waals surface area contributed by atoms with Gasteiger partial charge in [0.1, 0.15) is 0 Å². The minimum atomic E-state index is 0.210. The molecule has 0 atom stereocenters. The third-order valence-electron chi connectivity index (χ3n) is 3.54. The van der Waals surface area contributed by atoms with E-state index in [4.69, 9.17) is 5.73 Å². The molecule has 0 unspecified atom stereocenters. The average Bonchev–Trinajstić information content (AvgIpc) is 2.85. The SMILES string of the molecule is Nc1nc(NC2CCCCCC2)nc(-n2cccn2)n1. The Morgan fingerprint density at radius 3 is 2.60 bits per heavy atom. The largest absolute Gasteiger partial charge is 0.368 e. The Hall–Kier alpha value is -2.18. The van der Waals surface area contributed by atoms with Crippen molar-refractivity contribution in [3.63, 3.8) is 0 Å². The van der Waals surface area contributed by atoms with Crippen LogP contribution >= 0.6 is 0 Å². The van der Waals surface area contributed by atoms with Gasteiger partial charge in [-0.05, 0) is 18.9 Å². The second-order valence-electron chi connectivity index (χ2n) is 5.10. The molecule has 3 rings (SSSR count). The Morgan fingerprint density at radius 1 is 1.10 bits per heavy atom. The van der Waals surface area contributed by atoms with Crippen LogP contribution in [0.1, 0.15) is 38.5 Å². The maximum Gasteiger partial charge on any atom is 0.257 e. The number of hydrogen-bond donors (Lipinski definition) is 2. The van der Waals surface area contributed by atoms with Crippen molar-refractivity contribution in [3.8, 4) is 5.95 Å². The number of nitrogens with zero attached hydrogens (tertiary/aromatic N) is 5. The van der Waals surface area contributed by atoms with Crippen LogP contribution in [0.5, 0.6) is 0 Å². The zero-order valence-corrected chi connectivity index (χ0v) is 11.4. The monoisotopic (exact) mass is 273 g/mol. The van der Waals surface area contributed by atoms with Gasteiger partial charge in [-0.15, -0.1) is 0 Å². The van der Waals surface area contributed by atoms with E-state index in [-0.39, 0.29) is 5.95 Å². The molecule has 2 aromatic heterocycles. The first kappa shape index (κ1) is 12.8. The zero-order valence-electron chi connectivity index (χ0n) is 11.4. The molecule has 3 N–H and O–H groups in total. The molecule has 0 aliphatic heterocycles. The van der Waals surface area contributed by atoms with E-state index in [1.807, 2.05) is 6.07 Å². The van der Waals surface area contributed by atoms with Crippen LogP contribution in [0, 0.1) is 0 Å². The van der Waals surface area contributed by atoms with Gasteiger partial charge >= 0.3 is 0 Å². The fraction of sp³-hybridized carbons (Fsp3) is 0.538. The molecule has 7 nitrogen and oxygen atoms in total. The summed E-state index contributed by atoms with van der Waals surface area (Å²) in [5.74, 6) is 1.19. The molecular formula is C13H19N7. The highest BCUT2D eigenvalue weighted by atomic mass is 15.4. The van der Waals surface area contributed by atoms with Gasteiger partial charge in [-0.2, -0.15) is 20.1 Å². The van der Waals surface area contributed by atoms with Gasteiger partial charge in [0.15, 0.2) is 0 Å². The van der Waals surface area contributed by atoms with E-state index < -0.39 is 0 Å². The lowest BCUT2D eigenvalue weighted by atomic mass is 10.1. The fourth-order valence-corrected chi connectivity index (χ4v) is 2.54. The summed E-state index contributed by atoms with van der Waals surface area (Å²) in [4.78, 5) is 12.7. The molecule has 0 aromatic carbocycles. The van der Waals surface area contributed by atoms with Gasteiger partial charge in [0.25, 0.3) is 5.95 Å². The molecule has 2 aromatic rings. The first-order valence-electron chi connectivity index (χ1n) is 7.09. The Bertz CT molecular complexity index is 544. The molecule has 2 heterocycles. The van der Waals surface area contributed by atoms with Crippen molar-refractivity contribution in [2.75, 3.05) is 11.1 Å². The summed E-state index contributed by atoms with van der Waals surface area (Å²) >= 11 is 0. The highest BCUT2D eigenvalue weighted by Gasteiger charge is 2.14. The van der Waals surface area contributed by atoms with Crippen LogP contribution in [0.3, 0.4) is 0 Å². The van der Waals surface area contributed by atoms with Gasteiger partial charge in [0, 0.05) is 18.4 Å². The molecule has 0 radical (unpaired) electrons. The molecule has 7 heteroatoms. The summed E-state index contributed by atoms with van der Waals surface area (Å²) in [5, 5.41) is 7.49. The maximum atomic E-state index is 5.76. The Labute approximate surface area is 117 Å². The number of nitrogens with two attached hydrogens (primary N) is 1. The number of anilines is 2. The molecule has 1 saturated carbocycles. The lowest BCUT2D eigenvalue weighted by Gasteiger charge is -2.16. The van der Waals surface area contributed by atoms with E-state index >= 15 is 0 Å². The molecule has 1 aliphatic rings. The minimum Gasteiger partial charge on any atom is -0.368 e. The van der Waals surface area contributed by atoms with Crippen LogP contribution in [0.4, 0.5) is 11.9 Å². The van der Waals surface area contributed by atoms with E-state index in [2.05, 4.69) is 25.4 Å². The second kappa shape index (κ2) is 5.85. The minimum absolute atomic E-state index is 0.210. The van der Waals surface area contributed by atoms with Gasteiger partial charge in [-0.25, -0.2) is 4.68 Å². The normalized spacial score (nSPS) is 16.8. The predicted molar refractivity (Wildman–Crippen MR) is 76.5 cm³/mol. The van der Waals surface area contributed by atoms with Crippen molar-refractivity contribution >= 4 is 11.9 Å². The summed E-state index contributed by atoms with van der Waals surface area (Å²) in [6.45, 7) is 0. The van der Waals surface area contributed by atoms with Crippen LogP contribution in [-0.2, 0) is 0 Å². The molecule has 20 heavy (non-hydrogen) atoms. The summed E-state index contributed by atoms with van der Waals surface area (Å²) in [5.41, 5.74) is 5.76. The highest BCUT2D eigenvalue weighted by molar-refractivity contribution is 5.35.